The number of amides is 2. The average molecular weight is 639 g/mol. The van der Waals surface area contributed by atoms with E-state index in [1.165, 1.54) is 42.3 Å². The van der Waals surface area contributed by atoms with E-state index in [9.17, 15) is 18.0 Å². The van der Waals surface area contributed by atoms with E-state index >= 15 is 0 Å². The summed E-state index contributed by atoms with van der Waals surface area (Å²) in [5.41, 5.74) is 1.43. The molecule has 0 spiro atoms. The van der Waals surface area contributed by atoms with E-state index in [1.54, 1.807) is 18.2 Å². The van der Waals surface area contributed by atoms with Gasteiger partial charge in [-0.05, 0) is 93.4 Å². The van der Waals surface area contributed by atoms with Gasteiger partial charge in [-0.3, -0.25) is 14.5 Å². The van der Waals surface area contributed by atoms with Crippen LogP contribution in [0.1, 0.15) is 11.1 Å². The summed E-state index contributed by atoms with van der Waals surface area (Å²) in [6.07, 6.45) is 1.58. The molecule has 0 aliphatic carbocycles. The number of carbonyl (C=O) groups excluding carboxylic acids is 2. The Labute approximate surface area is 223 Å². The summed E-state index contributed by atoms with van der Waals surface area (Å²) >= 11 is 7.54. The highest BCUT2D eigenvalue weighted by molar-refractivity contribution is 9.10. The van der Waals surface area contributed by atoms with E-state index in [2.05, 4.69) is 31.9 Å². The minimum atomic E-state index is -4.07. The molecule has 35 heavy (non-hydrogen) atoms. The van der Waals surface area contributed by atoms with Gasteiger partial charge >= 0.3 is 10.1 Å². The number of hydrogen-bond donors (Lipinski definition) is 0. The van der Waals surface area contributed by atoms with Crippen LogP contribution >= 0.6 is 43.6 Å². The molecule has 0 radical (unpaired) electrons. The lowest BCUT2D eigenvalue weighted by Crippen LogP contribution is -2.27. The quantitative estimate of drug-likeness (QED) is 0.224. The van der Waals surface area contributed by atoms with Gasteiger partial charge in [-0.25, -0.2) is 0 Å². The first-order valence-electron chi connectivity index (χ1n) is 10.0. The van der Waals surface area contributed by atoms with Gasteiger partial charge in [0, 0.05) is 4.47 Å². The van der Waals surface area contributed by atoms with E-state index in [0.29, 0.717) is 15.8 Å². The van der Waals surface area contributed by atoms with Crippen LogP contribution in [0.2, 0.25) is 0 Å². The second-order valence-corrected chi connectivity index (χ2v) is 11.6. The molecule has 1 aliphatic heterocycles. The van der Waals surface area contributed by atoms with Crippen molar-refractivity contribution >= 4 is 71.0 Å². The molecule has 2 amide bonds. The molecule has 0 bridgehead atoms. The van der Waals surface area contributed by atoms with Crippen LogP contribution in [0.25, 0.3) is 6.08 Å². The molecule has 7 nitrogen and oxygen atoms in total. The van der Waals surface area contributed by atoms with Gasteiger partial charge in [0.2, 0.25) is 0 Å². The molecule has 0 unspecified atom stereocenters. The van der Waals surface area contributed by atoms with E-state index in [4.69, 9.17) is 8.92 Å². The molecular formula is C24H17Br2NO6S2. The van der Waals surface area contributed by atoms with Crippen LogP contribution in [-0.4, -0.2) is 31.6 Å². The van der Waals surface area contributed by atoms with Crippen LogP contribution in [0.15, 0.2) is 85.5 Å². The Kier molecular flexibility index (Phi) is 7.70. The van der Waals surface area contributed by atoms with Gasteiger partial charge < -0.3 is 8.92 Å². The fourth-order valence-electron chi connectivity index (χ4n) is 3.14. The summed E-state index contributed by atoms with van der Waals surface area (Å²) in [6, 6.07) is 17.9. The zero-order valence-electron chi connectivity index (χ0n) is 18.1. The third-order valence-corrected chi connectivity index (χ3v) is 8.23. The molecule has 1 fully saturated rings. The minimum Gasteiger partial charge on any atom is -0.497 e. The predicted molar refractivity (Wildman–Crippen MR) is 141 cm³/mol. The molecule has 0 atom stereocenters. The standard InChI is InChI=1S/C24H17Br2NO6S2/c1-32-18-7-9-19(10-8-18)35(30,31)33-21-11-4-16(12-20(21)26)13-22-23(28)27(24(29)34-22)14-15-2-5-17(25)6-3-15/h2-13H,14H2,1H3/b22-13-. The molecule has 0 saturated carbocycles. The number of nitrogens with zero attached hydrogens (tertiary/aromatic N) is 1. The highest BCUT2D eigenvalue weighted by Gasteiger charge is 2.35. The van der Waals surface area contributed by atoms with Crippen molar-refractivity contribution in [3.63, 3.8) is 0 Å². The number of carbonyl (C=O) groups is 2. The van der Waals surface area contributed by atoms with Crippen molar-refractivity contribution in [2.24, 2.45) is 0 Å². The molecule has 11 heteroatoms. The number of halogens is 2. The van der Waals surface area contributed by atoms with Crippen molar-refractivity contribution in [2.45, 2.75) is 11.4 Å². The van der Waals surface area contributed by atoms with Crippen molar-refractivity contribution < 1.29 is 26.9 Å². The smallest absolute Gasteiger partial charge is 0.339 e. The van der Waals surface area contributed by atoms with Crippen molar-refractivity contribution in [1.82, 2.24) is 4.90 Å². The van der Waals surface area contributed by atoms with Gasteiger partial charge in [0.1, 0.15) is 10.6 Å². The van der Waals surface area contributed by atoms with Crippen LogP contribution in [0.4, 0.5) is 4.79 Å². The summed E-state index contributed by atoms with van der Waals surface area (Å²) in [4.78, 5) is 26.7. The van der Waals surface area contributed by atoms with Crippen molar-refractivity contribution in [1.29, 1.82) is 0 Å². The first-order valence-corrected chi connectivity index (χ1v) is 13.9. The van der Waals surface area contributed by atoms with Crippen molar-refractivity contribution in [3.05, 3.63) is 91.7 Å². The molecule has 1 heterocycles. The fourth-order valence-corrected chi connectivity index (χ4v) is 5.78. The zero-order valence-corrected chi connectivity index (χ0v) is 22.9. The number of benzene rings is 3. The third-order valence-electron chi connectivity index (χ3n) is 4.93. The van der Waals surface area contributed by atoms with Crippen LogP contribution in [0, 0.1) is 0 Å². The second kappa shape index (κ2) is 10.6. The van der Waals surface area contributed by atoms with Crippen molar-refractivity contribution in [2.75, 3.05) is 7.11 Å². The maximum Gasteiger partial charge on any atom is 0.339 e. The van der Waals surface area contributed by atoms with Crippen molar-refractivity contribution in [3.8, 4) is 11.5 Å². The first-order chi connectivity index (χ1) is 16.7. The summed E-state index contributed by atoms with van der Waals surface area (Å²) in [5, 5.41) is -0.353. The Morgan fingerprint density at radius 3 is 2.29 bits per heavy atom. The van der Waals surface area contributed by atoms with Gasteiger partial charge in [-0.15, -0.1) is 0 Å². The molecule has 1 aliphatic rings. The Morgan fingerprint density at radius 1 is 0.971 bits per heavy atom. The largest absolute Gasteiger partial charge is 0.497 e. The lowest BCUT2D eigenvalue weighted by atomic mass is 10.2. The minimum absolute atomic E-state index is 0.0197. The highest BCUT2D eigenvalue weighted by atomic mass is 79.9. The number of imide groups is 1. The highest BCUT2D eigenvalue weighted by Crippen LogP contribution is 2.35. The fraction of sp³-hybridized carbons (Fsp3) is 0.0833. The molecule has 3 aromatic rings. The zero-order chi connectivity index (χ0) is 25.2. The summed E-state index contributed by atoms with van der Waals surface area (Å²) in [6.45, 7) is 0.176. The Morgan fingerprint density at radius 2 is 1.66 bits per heavy atom. The number of ether oxygens (including phenoxy) is 1. The van der Waals surface area contributed by atoms with E-state index in [1.807, 2.05) is 24.3 Å². The SMILES string of the molecule is COc1ccc(S(=O)(=O)Oc2ccc(/C=C3\SC(=O)N(Cc4ccc(Br)cc4)C3=O)cc2Br)cc1. The maximum absolute atomic E-state index is 12.8. The average Bonchev–Trinajstić information content (AvgIpc) is 3.09. The Hall–Kier alpha value is -2.60. The normalized spacial score (nSPS) is 15.1. The summed E-state index contributed by atoms with van der Waals surface area (Å²) in [7, 11) is -2.58. The van der Waals surface area contributed by atoms with Gasteiger partial charge in [0.25, 0.3) is 11.1 Å². The van der Waals surface area contributed by atoms with E-state index in [-0.39, 0.29) is 33.2 Å². The van der Waals surface area contributed by atoms with E-state index in [0.717, 1.165) is 21.8 Å². The predicted octanol–water partition coefficient (Wildman–Crippen LogP) is 6.22. The Bertz CT molecular complexity index is 1420. The molecule has 0 aromatic heterocycles. The summed E-state index contributed by atoms with van der Waals surface area (Å²) < 4.78 is 36.8. The monoisotopic (exact) mass is 637 g/mol. The number of methoxy groups -OCH3 is 1. The molecule has 0 N–H and O–H groups in total. The van der Waals surface area contributed by atoms with Gasteiger partial charge in [-0.1, -0.05) is 34.1 Å². The number of thioether (sulfide) groups is 1. The molecule has 1 saturated heterocycles. The summed E-state index contributed by atoms with van der Waals surface area (Å²) in [5.74, 6) is 0.221. The molecular weight excluding hydrogens is 622 g/mol. The Balaban J connectivity index is 1.50. The van der Waals surface area contributed by atoms with Gasteiger partial charge in [0.15, 0.2) is 5.75 Å². The molecule has 180 valence electrons. The molecule has 3 aromatic carbocycles. The van der Waals surface area contributed by atoms with Gasteiger partial charge in [-0.2, -0.15) is 8.42 Å². The lowest BCUT2D eigenvalue weighted by molar-refractivity contribution is -0.123. The number of hydrogen-bond acceptors (Lipinski definition) is 7. The molecule has 4 rings (SSSR count). The topological polar surface area (TPSA) is 90.0 Å². The third kappa shape index (κ3) is 5.97. The number of rotatable bonds is 7. The first kappa shape index (κ1) is 25.5. The van der Waals surface area contributed by atoms with Crippen LogP contribution in [0.3, 0.4) is 0 Å². The van der Waals surface area contributed by atoms with Crippen LogP contribution in [-0.2, 0) is 21.5 Å². The maximum atomic E-state index is 12.8. The van der Waals surface area contributed by atoms with E-state index < -0.39 is 10.1 Å². The van der Waals surface area contributed by atoms with Gasteiger partial charge in [0.05, 0.1) is 23.0 Å². The lowest BCUT2D eigenvalue weighted by Gasteiger charge is -2.12. The second-order valence-electron chi connectivity index (χ2n) is 7.30. The van der Waals surface area contributed by atoms with Crippen LogP contribution in [0.5, 0.6) is 11.5 Å². The van der Waals surface area contributed by atoms with Crippen LogP contribution < -0.4 is 8.92 Å².